The molecule has 7 heteroatoms. The van der Waals surface area contributed by atoms with Crippen LogP contribution in [0.4, 0.5) is 0 Å². The summed E-state index contributed by atoms with van der Waals surface area (Å²) in [5.41, 5.74) is 1.08. The molecule has 0 saturated heterocycles. The van der Waals surface area contributed by atoms with Gasteiger partial charge in [-0.15, -0.1) is 11.8 Å². The van der Waals surface area contributed by atoms with Gasteiger partial charge >= 0.3 is 0 Å². The van der Waals surface area contributed by atoms with Crippen LogP contribution in [-0.2, 0) is 0 Å². The number of benzene rings is 1. The molecule has 4 nitrogen and oxygen atoms in total. The highest BCUT2D eigenvalue weighted by atomic mass is 35.5. The van der Waals surface area contributed by atoms with Gasteiger partial charge in [0.25, 0.3) is 5.56 Å². The van der Waals surface area contributed by atoms with Crippen LogP contribution in [0.25, 0.3) is 16.6 Å². The van der Waals surface area contributed by atoms with Crippen molar-refractivity contribution in [3.05, 3.63) is 56.8 Å². The molecule has 0 radical (unpaired) electrons. The Morgan fingerprint density at radius 2 is 2.05 bits per heavy atom. The van der Waals surface area contributed by atoms with Crippen LogP contribution in [-0.4, -0.2) is 20.8 Å². The molecule has 1 aromatic carbocycles. The average molecular weight is 336 g/mol. The summed E-state index contributed by atoms with van der Waals surface area (Å²) in [5.74, 6) is 0. The maximum atomic E-state index is 12.6. The predicted octanol–water partition coefficient (Wildman–Crippen LogP) is 3.82. The quantitative estimate of drug-likeness (QED) is 0.439. The second-order valence-corrected chi connectivity index (χ2v) is 5.97. The normalized spacial score (nSPS) is 11.0. The predicted molar refractivity (Wildman–Crippen MR) is 89.3 cm³/mol. The van der Waals surface area contributed by atoms with Crippen molar-refractivity contribution in [2.45, 2.75) is 4.90 Å². The van der Waals surface area contributed by atoms with Gasteiger partial charge < -0.3 is 4.98 Å². The molecule has 2 aromatic heterocycles. The fraction of sp³-hybridized carbons (Fsp3) is 0.0714. The van der Waals surface area contributed by atoms with Crippen molar-refractivity contribution in [2.75, 3.05) is 6.26 Å². The van der Waals surface area contributed by atoms with E-state index in [4.69, 9.17) is 23.8 Å². The van der Waals surface area contributed by atoms with E-state index in [9.17, 15) is 4.79 Å². The molecule has 0 aliphatic heterocycles. The Hall–Kier alpha value is -1.63. The van der Waals surface area contributed by atoms with Crippen molar-refractivity contribution in [3.63, 3.8) is 0 Å². The Morgan fingerprint density at radius 1 is 1.33 bits per heavy atom. The van der Waals surface area contributed by atoms with E-state index in [1.54, 1.807) is 11.8 Å². The second-order valence-electron chi connectivity index (χ2n) is 4.32. The smallest absolute Gasteiger partial charge is 0.266 e. The number of nitrogens with one attached hydrogen (secondary N) is 1. The minimum absolute atomic E-state index is 0.213. The number of pyridine rings is 1. The van der Waals surface area contributed by atoms with Crippen LogP contribution in [0.5, 0.6) is 0 Å². The van der Waals surface area contributed by atoms with Crippen LogP contribution in [0.1, 0.15) is 0 Å². The van der Waals surface area contributed by atoms with Crippen molar-refractivity contribution >= 4 is 46.5 Å². The number of nitrogens with zero attached hydrogens (tertiary/aromatic N) is 2. The van der Waals surface area contributed by atoms with Gasteiger partial charge in [-0.05, 0) is 48.8 Å². The number of rotatable bonds is 2. The lowest BCUT2D eigenvalue weighted by atomic mass is 10.3. The number of aromatic nitrogens is 3. The summed E-state index contributed by atoms with van der Waals surface area (Å²) < 4.78 is 1.78. The Labute approximate surface area is 134 Å². The van der Waals surface area contributed by atoms with E-state index in [-0.39, 0.29) is 10.7 Å². The first-order valence-corrected chi connectivity index (χ1v) is 8.06. The van der Waals surface area contributed by atoms with E-state index >= 15 is 0 Å². The van der Waals surface area contributed by atoms with Gasteiger partial charge in [0.05, 0.1) is 22.8 Å². The third kappa shape index (κ3) is 2.62. The molecule has 0 fully saturated rings. The topological polar surface area (TPSA) is 50.7 Å². The number of fused-ring (bicyclic) bond motifs is 1. The molecular formula is C14H10ClN3OS2. The number of H-pyrrole nitrogens is 1. The summed E-state index contributed by atoms with van der Waals surface area (Å²) in [6.45, 7) is 0. The fourth-order valence-corrected chi connectivity index (χ4v) is 2.92. The van der Waals surface area contributed by atoms with Crippen LogP contribution >= 0.6 is 35.6 Å². The van der Waals surface area contributed by atoms with Crippen LogP contribution in [0, 0.1) is 4.77 Å². The first-order valence-electron chi connectivity index (χ1n) is 6.05. The van der Waals surface area contributed by atoms with Gasteiger partial charge in [-0.1, -0.05) is 11.6 Å². The van der Waals surface area contributed by atoms with E-state index in [1.165, 1.54) is 16.8 Å². The van der Waals surface area contributed by atoms with Crippen LogP contribution in [0.3, 0.4) is 0 Å². The van der Waals surface area contributed by atoms with Crippen molar-refractivity contribution < 1.29 is 0 Å². The van der Waals surface area contributed by atoms with Crippen molar-refractivity contribution in [1.82, 2.24) is 14.5 Å². The molecule has 106 valence electrons. The van der Waals surface area contributed by atoms with Gasteiger partial charge in [-0.2, -0.15) is 0 Å². The number of thioether (sulfide) groups is 1. The molecule has 21 heavy (non-hydrogen) atoms. The number of halogens is 1. The van der Waals surface area contributed by atoms with E-state index in [0.717, 1.165) is 4.90 Å². The van der Waals surface area contributed by atoms with Crippen molar-refractivity contribution in [3.8, 4) is 5.69 Å². The zero-order chi connectivity index (χ0) is 15.0. The van der Waals surface area contributed by atoms with E-state index < -0.39 is 0 Å². The Balaban J connectivity index is 2.31. The van der Waals surface area contributed by atoms with Gasteiger partial charge in [0.1, 0.15) is 5.15 Å². The van der Waals surface area contributed by atoms with Crippen molar-refractivity contribution in [1.29, 1.82) is 0 Å². The Morgan fingerprint density at radius 3 is 2.71 bits per heavy atom. The molecule has 3 aromatic rings. The van der Waals surface area contributed by atoms with Gasteiger partial charge in [0.2, 0.25) is 0 Å². The maximum absolute atomic E-state index is 12.6. The monoisotopic (exact) mass is 335 g/mol. The number of aromatic amines is 1. The highest BCUT2D eigenvalue weighted by Gasteiger charge is 2.08. The Kier molecular flexibility index (Phi) is 3.84. The van der Waals surface area contributed by atoms with E-state index in [1.807, 2.05) is 30.5 Å². The third-order valence-electron chi connectivity index (χ3n) is 3.08. The standard InChI is InChI=1S/C14H10ClN3OS2/c1-21-9-4-2-8(3-5-9)18-13(19)10-6-12(15)16-7-11(10)17-14(18)20/h2-7H,1H3,(H,17,20). The molecule has 0 spiro atoms. The minimum atomic E-state index is -0.213. The molecule has 0 saturated carbocycles. The summed E-state index contributed by atoms with van der Waals surface area (Å²) in [7, 11) is 0. The van der Waals surface area contributed by atoms with E-state index in [2.05, 4.69) is 9.97 Å². The molecule has 0 amide bonds. The lowest BCUT2D eigenvalue weighted by molar-refractivity contribution is 0.936. The highest BCUT2D eigenvalue weighted by molar-refractivity contribution is 7.98. The fourth-order valence-electron chi connectivity index (χ4n) is 2.06. The molecule has 1 N–H and O–H groups in total. The van der Waals surface area contributed by atoms with Crippen LogP contribution in [0.15, 0.2) is 46.2 Å². The first kappa shape index (κ1) is 14.3. The zero-order valence-corrected chi connectivity index (χ0v) is 13.4. The summed E-state index contributed by atoms with van der Waals surface area (Å²) in [4.78, 5) is 20.7. The molecule has 0 unspecified atom stereocenters. The SMILES string of the molecule is CSc1ccc(-n2c(=S)[nH]c3cnc(Cl)cc3c2=O)cc1. The molecule has 0 atom stereocenters. The third-order valence-corrected chi connectivity index (χ3v) is 4.31. The molecule has 0 bridgehead atoms. The van der Waals surface area contributed by atoms with Crippen LogP contribution < -0.4 is 5.56 Å². The minimum Gasteiger partial charge on any atom is -0.330 e. The lowest BCUT2D eigenvalue weighted by Crippen LogP contribution is -2.20. The largest absolute Gasteiger partial charge is 0.330 e. The number of hydrogen-bond donors (Lipinski definition) is 1. The van der Waals surface area contributed by atoms with Gasteiger partial charge in [-0.25, -0.2) is 4.98 Å². The lowest BCUT2D eigenvalue weighted by Gasteiger charge is -2.08. The molecular weight excluding hydrogens is 326 g/mol. The first-order chi connectivity index (χ1) is 10.1. The molecule has 2 heterocycles. The maximum Gasteiger partial charge on any atom is 0.266 e. The van der Waals surface area contributed by atoms with E-state index in [0.29, 0.717) is 21.4 Å². The number of hydrogen-bond acceptors (Lipinski definition) is 4. The molecule has 0 aliphatic carbocycles. The highest BCUT2D eigenvalue weighted by Crippen LogP contribution is 2.18. The second kappa shape index (κ2) is 5.63. The van der Waals surface area contributed by atoms with Crippen molar-refractivity contribution in [2.24, 2.45) is 0 Å². The van der Waals surface area contributed by atoms with Crippen LogP contribution in [0.2, 0.25) is 5.15 Å². The zero-order valence-electron chi connectivity index (χ0n) is 11.0. The molecule has 0 aliphatic rings. The Bertz CT molecular complexity index is 932. The molecule has 3 rings (SSSR count). The average Bonchev–Trinajstić information content (AvgIpc) is 2.49. The van der Waals surface area contributed by atoms with Gasteiger partial charge in [-0.3, -0.25) is 9.36 Å². The summed E-state index contributed by atoms with van der Waals surface area (Å²) >= 11 is 12.8. The summed E-state index contributed by atoms with van der Waals surface area (Å²) in [6, 6.07) is 9.17. The summed E-state index contributed by atoms with van der Waals surface area (Å²) in [5, 5.41) is 0.729. The summed E-state index contributed by atoms with van der Waals surface area (Å²) in [6.07, 6.45) is 3.51. The van der Waals surface area contributed by atoms with Gasteiger partial charge in [0, 0.05) is 4.90 Å². The van der Waals surface area contributed by atoms with Gasteiger partial charge in [0.15, 0.2) is 4.77 Å².